The number of benzene rings is 1. The van der Waals surface area contributed by atoms with Gasteiger partial charge in [0, 0.05) is 19.6 Å². The van der Waals surface area contributed by atoms with Crippen LogP contribution in [0.15, 0.2) is 18.2 Å². The minimum Gasteiger partial charge on any atom is -0.495 e. The summed E-state index contributed by atoms with van der Waals surface area (Å²) in [6.45, 7) is 1.32. The lowest BCUT2D eigenvalue weighted by molar-refractivity contribution is -0.122. The van der Waals surface area contributed by atoms with Gasteiger partial charge in [-0.1, -0.05) is 6.07 Å². The van der Waals surface area contributed by atoms with Crippen molar-refractivity contribution in [1.29, 1.82) is 0 Å². The first-order valence-electron chi connectivity index (χ1n) is 7.49. The van der Waals surface area contributed by atoms with Crippen molar-refractivity contribution in [1.82, 2.24) is 5.32 Å². The van der Waals surface area contributed by atoms with Gasteiger partial charge < -0.3 is 20.5 Å². The predicted molar refractivity (Wildman–Crippen MR) is 82.1 cm³/mol. The second-order valence-electron chi connectivity index (χ2n) is 5.38. The molecule has 1 aliphatic rings. The van der Waals surface area contributed by atoms with Crippen LogP contribution in [-0.4, -0.2) is 25.7 Å². The van der Waals surface area contributed by atoms with Crippen molar-refractivity contribution in [3.63, 3.8) is 0 Å². The fourth-order valence-electron chi connectivity index (χ4n) is 2.51. The van der Waals surface area contributed by atoms with E-state index >= 15 is 0 Å². The third-order valence-electron chi connectivity index (χ3n) is 3.75. The number of carbonyl (C=O) groups excluding carboxylic acids is 1. The molecule has 0 spiro atoms. The van der Waals surface area contributed by atoms with Crippen LogP contribution in [-0.2, 0) is 16.1 Å². The van der Waals surface area contributed by atoms with Crippen molar-refractivity contribution >= 4 is 11.6 Å². The molecule has 1 fully saturated rings. The number of carbonyl (C=O) groups is 1. The van der Waals surface area contributed by atoms with Crippen molar-refractivity contribution in [2.24, 2.45) is 0 Å². The van der Waals surface area contributed by atoms with Crippen LogP contribution in [0.1, 0.15) is 37.7 Å². The SMILES string of the molecule is COc1ccc(CNC(=O)CCC2CCCCO2)cc1N. The molecular formula is C16H24N2O3. The number of amides is 1. The van der Waals surface area contributed by atoms with Gasteiger partial charge >= 0.3 is 0 Å². The first-order valence-corrected chi connectivity index (χ1v) is 7.49. The fraction of sp³-hybridized carbons (Fsp3) is 0.562. The Bertz CT molecular complexity index is 471. The third kappa shape index (κ3) is 4.93. The van der Waals surface area contributed by atoms with Crippen LogP contribution in [0, 0.1) is 0 Å². The van der Waals surface area contributed by atoms with Gasteiger partial charge in [0.15, 0.2) is 0 Å². The molecule has 0 radical (unpaired) electrons. The highest BCUT2D eigenvalue weighted by molar-refractivity contribution is 5.75. The van der Waals surface area contributed by atoms with E-state index in [0.717, 1.165) is 31.4 Å². The van der Waals surface area contributed by atoms with Crippen molar-refractivity contribution in [3.05, 3.63) is 23.8 Å². The van der Waals surface area contributed by atoms with E-state index in [1.807, 2.05) is 18.2 Å². The zero-order valence-electron chi connectivity index (χ0n) is 12.6. The summed E-state index contributed by atoms with van der Waals surface area (Å²) in [5.41, 5.74) is 7.39. The Morgan fingerprint density at radius 1 is 1.48 bits per heavy atom. The quantitative estimate of drug-likeness (QED) is 0.789. The number of nitrogens with one attached hydrogen (secondary N) is 1. The molecule has 1 saturated heterocycles. The maximum Gasteiger partial charge on any atom is 0.220 e. The minimum absolute atomic E-state index is 0.0542. The summed E-state index contributed by atoms with van der Waals surface area (Å²) in [5.74, 6) is 0.707. The van der Waals surface area contributed by atoms with Crippen LogP contribution in [0.25, 0.3) is 0 Å². The van der Waals surface area contributed by atoms with Crippen molar-refractivity contribution in [2.75, 3.05) is 19.5 Å². The first kappa shape index (κ1) is 15.6. The van der Waals surface area contributed by atoms with Gasteiger partial charge in [0.2, 0.25) is 5.91 Å². The van der Waals surface area contributed by atoms with Crippen molar-refractivity contribution in [3.8, 4) is 5.75 Å². The Labute approximate surface area is 125 Å². The van der Waals surface area contributed by atoms with Crippen molar-refractivity contribution < 1.29 is 14.3 Å². The van der Waals surface area contributed by atoms with Gasteiger partial charge in [0.25, 0.3) is 0 Å². The Hall–Kier alpha value is -1.75. The zero-order valence-corrected chi connectivity index (χ0v) is 12.6. The number of methoxy groups -OCH3 is 1. The van der Waals surface area contributed by atoms with Crippen molar-refractivity contribution in [2.45, 2.75) is 44.8 Å². The summed E-state index contributed by atoms with van der Waals surface area (Å²) in [6, 6.07) is 5.54. The maximum atomic E-state index is 11.8. The molecule has 3 N–H and O–H groups in total. The van der Waals surface area contributed by atoms with E-state index in [4.69, 9.17) is 15.2 Å². The molecule has 5 nitrogen and oxygen atoms in total. The molecule has 21 heavy (non-hydrogen) atoms. The molecule has 0 bridgehead atoms. The molecule has 1 aromatic rings. The molecule has 1 unspecified atom stereocenters. The second-order valence-corrected chi connectivity index (χ2v) is 5.38. The molecule has 0 aliphatic carbocycles. The lowest BCUT2D eigenvalue weighted by Gasteiger charge is -2.22. The van der Waals surface area contributed by atoms with Gasteiger partial charge in [0.1, 0.15) is 5.75 Å². The molecule has 1 aliphatic heterocycles. The summed E-state index contributed by atoms with van der Waals surface area (Å²) >= 11 is 0. The monoisotopic (exact) mass is 292 g/mol. The largest absolute Gasteiger partial charge is 0.495 e. The van der Waals surface area contributed by atoms with E-state index in [2.05, 4.69) is 5.32 Å². The number of nitrogens with two attached hydrogens (primary N) is 1. The molecule has 2 rings (SSSR count). The highest BCUT2D eigenvalue weighted by Crippen LogP contribution is 2.21. The van der Waals surface area contributed by atoms with Crippen LogP contribution >= 0.6 is 0 Å². The van der Waals surface area contributed by atoms with Gasteiger partial charge in [-0.25, -0.2) is 0 Å². The van der Waals surface area contributed by atoms with Gasteiger partial charge in [0.05, 0.1) is 18.9 Å². The van der Waals surface area contributed by atoms with Crippen LogP contribution in [0.5, 0.6) is 5.75 Å². The number of hydrogen-bond donors (Lipinski definition) is 2. The van der Waals surface area contributed by atoms with Gasteiger partial charge in [-0.3, -0.25) is 4.79 Å². The molecule has 0 aromatic heterocycles. The Kier molecular flexibility index (Phi) is 5.87. The van der Waals surface area contributed by atoms with E-state index in [0.29, 0.717) is 24.4 Å². The number of hydrogen-bond acceptors (Lipinski definition) is 4. The Morgan fingerprint density at radius 3 is 3.00 bits per heavy atom. The van der Waals surface area contributed by atoms with E-state index < -0.39 is 0 Å². The lowest BCUT2D eigenvalue weighted by Crippen LogP contribution is -2.26. The van der Waals surface area contributed by atoms with E-state index in [9.17, 15) is 4.79 Å². The van der Waals surface area contributed by atoms with E-state index in [1.165, 1.54) is 6.42 Å². The van der Waals surface area contributed by atoms with Crippen LogP contribution < -0.4 is 15.8 Å². The van der Waals surface area contributed by atoms with Gasteiger partial charge in [-0.15, -0.1) is 0 Å². The summed E-state index contributed by atoms with van der Waals surface area (Å²) in [6.07, 6.45) is 4.98. The molecule has 1 aromatic carbocycles. The first-order chi connectivity index (χ1) is 10.2. The molecule has 0 saturated carbocycles. The molecule has 1 atom stereocenters. The van der Waals surface area contributed by atoms with E-state index in [1.54, 1.807) is 7.11 Å². The van der Waals surface area contributed by atoms with Crippen LogP contribution in [0.3, 0.4) is 0 Å². The molecule has 1 heterocycles. The van der Waals surface area contributed by atoms with Gasteiger partial charge in [-0.2, -0.15) is 0 Å². The fourth-order valence-corrected chi connectivity index (χ4v) is 2.51. The third-order valence-corrected chi connectivity index (χ3v) is 3.75. The van der Waals surface area contributed by atoms with E-state index in [-0.39, 0.29) is 12.0 Å². The molecule has 116 valence electrons. The Morgan fingerprint density at radius 2 is 2.33 bits per heavy atom. The highest BCUT2D eigenvalue weighted by Gasteiger charge is 2.15. The Balaban J connectivity index is 1.71. The normalized spacial score (nSPS) is 18.2. The van der Waals surface area contributed by atoms with Crippen LogP contribution in [0.4, 0.5) is 5.69 Å². The summed E-state index contributed by atoms with van der Waals surface area (Å²) in [7, 11) is 1.58. The molecule has 5 heteroatoms. The maximum absolute atomic E-state index is 11.8. The average molecular weight is 292 g/mol. The summed E-state index contributed by atoms with van der Waals surface area (Å²) in [4.78, 5) is 11.8. The smallest absolute Gasteiger partial charge is 0.220 e. The zero-order chi connectivity index (χ0) is 15.1. The van der Waals surface area contributed by atoms with Gasteiger partial charge in [-0.05, 0) is 43.4 Å². The topological polar surface area (TPSA) is 73.6 Å². The average Bonchev–Trinajstić information content (AvgIpc) is 2.52. The summed E-state index contributed by atoms with van der Waals surface area (Å²) in [5, 5.41) is 2.91. The van der Waals surface area contributed by atoms with Crippen LogP contribution in [0.2, 0.25) is 0 Å². The molecular weight excluding hydrogens is 268 g/mol. The number of ether oxygens (including phenoxy) is 2. The summed E-state index contributed by atoms with van der Waals surface area (Å²) < 4.78 is 10.7. The number of rotatable bonds is 6. The lowest BCUT2D eigenvalue weighted by atomic mass is 10.0. The number of anilines is 1. The second kappa shape index (κ2) is 7.88. The highest BCUT2D eigenvalue weighted by atomic mass is 16.5. The predicted octanol–water partition coefficient (Wildman–Crippen LogP) is 2.24. The standard InChI is InChI=1S/C16H24N2O3/c1-20-15-7-5-12(10-14(15)17)11-18-16(19)8-6-13-4-2-3-9-21-13/h5,7,10,13H,2-4,6,8-9,11,17H2,1H3,(H,18,19). The number of nitrogen functional groups attached to an aromatic ring is 1. The minimum atomic E-state index is 0.0542. The molecule has 1 amide bonds.